The first-order valence-corrected chi connectivity index (χ1v) is 8.28. The molecule has 17 heavy (non-hydrogen) atoms. The van der Waals surface area contributed by atoms with E-state index in [-0.39, 0.29) is 5.54 Å². The summed E-state index contributed by atoms with van der Waals surface area (Å²) in [5, 5.41) is 14.0. The number of hydrogen-bond acceptors (Lipinski definition) is 3. The minimum Gasteiger partial charge on any atom is -0.394 e. The molecule has 1 saturated carbocycles. The number of aliphatic hydroxyl groups is 1. The van der Waals surface area contributed by atoms with Crippen molar-refractivity contribution < 1.29 is 5.11 Å². The molecule has 2 N–H and O–H groups in total. The van der Waals surface area contributed by atoms with Crippen LogP contribution in [0.3, 0.4) is 0 Å². The second-order valence-corrected chi connectivity index (χ2v) is 6.72. The second kappa shape index (κ2) is 8.39. The summed E-state index contributed by atoms with van der Waals surface area (Å²) in [6.45, 7) is 5.78. The highest BCUT2D eigenvalue weighted by atomic mass is 32.2. The van der Waals surface area contributed by atoms with Gasteiger partial charge in [0.2, 0.25) is 0 Å². The minimum atomic E-state index is 0.0259. The van der Waals surface area contributed by atoms with E-state index in [1.54, 1.807) is 0 Å². The molecular weight excluding hydrogens is 230 g/mol. The number of nitrogens with one attached hydrogen (secondary N) is 1. The molecule has 0 aromatic carbocycles. The van der Waals surface area contributed by atoms with Crippen LogP contribution in [-0.2, 0) is 0 Å². The van der Waals surface area contributed by atoms with E-state index in [1.807, 2.05) is 0 Å². The van der Waals surface area contributed by atoms with Gasteiger partial charge < -0.3 is 10.4 Å². The van der Waals surface area contributed by atoms with Gasteiger partial charge in [-0.2, -0.15) is 11.8 Å². The monoisotopic (exact) mass is 259 g/mol. The summed E-state index contributed by atoms with van der Waals surface area (Å²) < 4.78 is 0. The summed E-state index contributed by atoms with van der Waals surface area (Å²) in [7, 11) is 0. The van der Waals surface area contributed by atoms with Gasteiger partial charge in [-0.25, -0.2) is 0 Å². The van der Waals surface area contributed by atoms with Gasteiger partial charge in [-0.1, -0.05) is 26.7 Å². The van der Waals surface area contributed by atoms with Crippen LogP contribution < -0.4 is 5.32 Å². The van der Waals surface area contributed by atoms with E-state index in [1.165, 1.54) is 31.4 Å². The van der Waals surface area contributed by atoms with Crippen molar-refractivity contribution in [2.24, 2.45) is 0 Å². The first-order valence-electron chi connectivity index (χ1n) is 7.24. The molecule has 1 fully saturated rings. The van der Waals surface area contributed by atoms with Crippen molar-refractivity contribution >= 4 is 11.8 Å². The molecule has 1 rings (SSSR count). The molecule has 2 unspecified atom stereocenters. The van der Waals surface area contributed by atoms with Gasteiger partial charge in [0.05, 0.1) is 6.61 Å². The van der Waals surface area contributed by atoms with E-state index in [0.717, 1.165) is 31.1 Å². The SMILES string of the molecule is CCCCSC1CCCC(CO)(NCCC)C1. The number of unbranched alkanes of at least 4 members (excludes halogenated alkanes) is 1. The molecule has 0 aromatic heterocycles. The predicted octanol–water partition coefficient (Wildman–Crippen LogP) is 3.19. The maximum absolute atomic E-state index is 9.69. The van der Waals surface area contributed by atoms with Crippen molar-refractivity contribution in [3.05, 3.63) is 0 Å². The van der Waals surface area contributed by atoms with Crippen LogP contribution in [-0.4, -0.2) is 34.8 Å². The molecule has 0 amide bonds. The first-order chi connectivity index (χ1) is 8.26. The average molecular weight is 259 g/mol. The Bertz CT molecular complexity index is 201. The summed E-state index contributed by atoms with van der Waals surface area (Å²) in [5.41, 5.74) is 0.0259. The molecule has 0 heterocycles. The van der Waals surface area contributed by atoms with Crippen LogP contribution in [0, 0.1) is 0 Å². The van der Waals surface area contributed by atoms with Gasteiger partial charge in [0.25, 0.3) is 0 Å². The lowest BCUT2D eigenvalue weighted by Crippen LogP contribution is -2.52. The Morgan fingerprint density at radius 1 is 1.35 bits per heavy atom. The highest BCUT2D eigenvalue weighted by Crippen LogP contribution is 2.35. The topological polar surface area (TPSA) is 32.3 Å². The molecule has 0 aliphatic heterocycles. The van der Waals surface area contributed by atoms with Crippen LogP contribution in [0.4, 0.5) is 0 Å². The van der Waals surface area contributed by atoms with Crippen molar-refractivity contribution in [2.45, 2.75) is 69.6 Å². The lowest BCUT2D eigenvalue weighted by molar-refractivity contribution is 0.124. The highest BCUT2D eigenvalue weighted by molar-refractivity contribution is 7.99. The molecule has 0 bridgehead atoms. The molecule has 0 spiro atoms. The van der Waals surface area contributed by atoms with Gasteiger partial charge in [-0.05, 0) is 44.4 Å². The summed E-state index contributed by atoms with van der Waals surface area (Å²) >= 11 is 2.12. The van der Waals surface area contributed by atoms with Crippen molar-refractivity contribution in [1.29, 1.82) is 0 Å². The molecule has 0 radical (unpaired) electrons. The molecule has 102 valence electrons. The molecule has 1 aliphatic carbocycles. The molecule has 0 aromatic rings. The first kappa shape index (κ1) is 15.3. The van der Waals surface area contributed by atoms with Gasteiger partial charge in [-0.15, -0.1) is 0 Å². The summed E-state index contributed by atoms with van der Waals surface area (Å²) in [6, 6.07) is 0. The number of hydrogen-bond donors (Lipinski definition) is 2. The van der Waals surface area contributed by atoms with E-state index < -0.39 is 0 Å². The van der Waals surface area contributed by atoms with E-state index in [4.69, 9.17) is 0 Å². The van der Waals surface area contributed by atoms with Gasteiger partial charge in [0.15, 0.2) is 0 Å². The second-order valence-electron chi connectivity index (χ2n) is 5.31. The number of aliphatic hydroxyl groups excluding tert-OH is 1. The maximum atomic E-state index is 9.69. The fourth-order valence-electron chi connectivity index (χ4n) is 2.59. The van der Waals surface area contributed by atoms with Crippen LogP contribution in [0.25, 0.3) is 0 Å². The standard InChI is InChI=1S/C14H29NOS/c1-3-5-10-17-13-7-6-8-14(11-13,12-16)15-9-4-2/h13,15-16H,3-12H2,1-2H3. The van der Waals surface area contributed by atoms with Gasteiger partial charge in [-0.3, -0.25) is 0 Å². The van der Waals surface area contributed by atoms with Crippen LogP contribution in [0.15, 0.2) is 0 Å². The predicted molar refractivity (Wildman–Crippen MR) is 77.7 cm³/mol. The fourth-order valence-corrected chi connectivity index (χ4v) is 4.15. The van der Waals surface area contributed by atoms with Crippen LogP contribution in [0.1, 0.15) is 58.8 Å². The van der Waals surface area contributed by atoms with E-state index in [2.05, 4.69) is 30.9 Å². The van der Waals surface area contributed by atoms with Crippen molar-refractivity contribution in [2.75, 3.05) is 18.9 Å². The molecule has 0 saturated heterocycles. The third-order valence-corrected chi connectivity index (χ3v) is 5.10. The van der Waals surface area contributed by atoms with E-state index in [0.29, 0.717) is 6.61 Å². The Labute approximate surface area is 111 Å². The Kier molecular flexibility index (Phi) is 7.56. The molecule has 3 heteroatoms. The van der Waals surface area contributed by atoms with Gasteiger partial charge in [0, 0.05) is 10.8 Å². The quantitative estimate of drug-likeness (QED) is 0.657. The third kappa shape index (κ3) is 5.19. The lowest BCUT2D eigenvalue weighted by Gasteiger charge is -2.40. The Balaban J connectivity index is 2.38. The minimum absolute atomic E-state index is 0.0259. The molecular formula is C14H29NOS. The Hall–Kier alpha value is 0.270. The smallest absolute Gasteiger partial charge is 0.0613 e. The van der Waals surface area contributed by atoms with E-state index >= 15 is 0 Å². The van der Waals surface area contributed by atoms with Crippen molar-refractivity contribution in [3.63, 3.8) is 0 Å². The lowest BCUT2D eigenvalue weighted by atomic mass is 9.82. The van der Waals surface area contributed by atoms with Gasteiger partial charge in [0.1, 0.15) is 0 Å². The summed E-state index contributed by atoms with van der Waals surface area (Å²) in [5.74, 6) is 1.29. The van der Waals surface area contributed by atoms with Crippen LogP contribution >= 0.6 is 11.8 Å². The summed E-state index contributed by atoms with van der Waals surface area (Å²) in [6.07, 6.45) is 8.67. The average Bonchev–Trinajstić information content (AvgIpc) is 2.37. The zero-order valence-electron chi connectivity index (χ0n) is 11.5. The highest BCUT2D eigenvalue weighted by Gasteiger charge is 2.35. The zero-order valence-corrected chi connectivity index (χ0v) is 12.3. The molecule has 2 nitrogen and oxygen atoms in total. The third-order valence-electron chi connectivity index (χ3n) is 3.70. The largest absolute Gasteiger partial charge is 0.394 e. The fraction of sp³-hybridized carbons (Fsp3) is 1.00. The zero-order chi connectivity index (χ0) is 12.6. The summed E-state index contributed by atoms with van der Waals surface area (Å²) in [4.78, 5) is 0. The Morgan fingerprint density at radius 2 is 2.18 bits per heavy atom. The number of thioether (sulfide) groups is 1. The van der Waals surface area contributed by atoms with Crippen molar-refractivity contribution in [1.82, 2.24) is 5.32 Å². The molecule has 2 atom stereocenters. The van der Waals surface area contributed by atoms with Gasteiger partial charge >= 0.3 is 0 Å². The number of rotatable bonds is 8. The van der Waals surface area contributed by atoms with E-state index in [9.17, 15) is 5.11 Å². The van der Waals surface area contributed by atoms with Crippen LogP contribution in [0.5, 0.6) is 0 Å². The maximum Gasteiger partial charge on any atom is 0.0613 e. The van der Waals surface area contributed by atoms with Crippen molar-refractivity contribution in [3.8, 4) is 0 Å². The van der Waals surface area contributed by atoms with Crippen LogP contribution in [0.2, 0.25) is 0 Å². The normalized spacial score (nSPS) is 29.5. The Morgan fingerprint density at radius 3 is 2.82 bits per heavy atom. The molecule has 1 aliphatic rings.